The number of benzene rings is 2. The van der Waals surface area contributed by atoms with E-state index < -0.39 is 11.7 Å². The van der Waals surface area contributed by atoms with E-state index in [1.165, 1.54) is 12.1 Å². The van der Waals surface area contributed by atoms with E-state index in [1.807, 2.05) is 31.2 Å². The van der Waals surface area contributed by atoms with Crippen molar-refractivity contribution in [1.82, 2.24) is 5.32 Å². The molecule has 2 rings (SSSR count). The van der Waals surface area contributed by atoms with Gasteiger partial charge in [-0.2, -0.15) is 0 Å². The van der Waals surface area contributed by atoms with Gasteiger partial charge in [0, 0.05) is 11.3 Å². The summed E-state index contributed by atoms with van der Waals surface area (Å²) in [5.74, 6) is -0.464. The minimum atomic E-state index is -0.639. The highest BCUT2D eigenvalue weighted by Gasteiger charge is 2.17. The first-order valence-corrected chi connectivity index (χ1v) is 6.51. The molecule has 4 nitrogen and oxygen atoms in total. The first kappa shape index (κ1) is 14.8. The fourth-order valence-corrected chi connectivity index (χ4v) is 2.09. The second kappa shape index (κ2) is 6.26. The van der Waals surface area contributed by atoms with E-state index in [2.05, 4.69) is 5.32 Å². The summed E-state index contributed by atoms with van der Waals surface area (Å²) in [5.41, 5.74) is 6.54. The van der Waals surface area contributed by atoms with Gasteiger partial charge in [0.05, 0.1) is 18.7 Å². The summed E-state index contributed by atoms with van der Waals surface area (Å²) in [4.78, 5) is 12.1. The van der Waals surface area contributed by atoms with Crippen molar-refractivity contribution in [3.8, 4) is 5.75 Å². The van der Waals surface area contributed by atoms with Crippen LogP contribution in [0.15, 0.2) is 42.5 Å². The summed E-state index contributed by atoms with van der Waals surface area (Å²) >= 11 is 0. The zero-order valence-corrected chi connectivity index (χ0v) is 11.9. The molecular formula is C16H17FN2O2. The van der Waals surface area contributed by atoms with Crippen LogP contribution in [0.3, 0.4) is 0 Å². The maximum absolute atomic E-state index is 13.7. The van der Waals surface area contributed by atoms with Crippen LogP contribution in [0.25, 0.3) is 0 Å². The molecule has 21 heavy (non-hydrogen) atoms. The number of carbonyl (C=O) groups is 1. The second-order valence-electron chi connectivity index (χ2n) is 4.68. The van der Waals surface area contributed by atoms with Crippen molar-refractivity contribution in [2.24, 2.45) is 0 Å². The number of amides is 1. The molecule has 110 valence electrons. The Labute approximate surface area is 122 Å². The maximum Gasteiger partial charge on any atom is 0.254 e. The fraction of sp³-hybridized carbons (Fsp3) is 0.188. The number of ether oxygens (including phenoxy) is 1. The van der Waals surface area contributed by atoms with E-state index in [4.69, 9.17) is 10.5 Å². The molecule has 0 saturated heterocycles. The van der Waals surface area contributed by atoms with Crippen molar-refractivity contribution in [2.75, 3.05) is 12.8 Å². The minimum absolute atomic E-state index is 0.0362. The lowest BCUT2D eigenvalue weighted by molar-refractivity contribution is 0.0935. The van der Waals surface area contributed by atoms with Crippen molar-refractivity contribution in [3.63, 3.8) is 0 Å². The smallest absolute Gasteiger partial charge is 0.254 e. The molecule has 1 atom stereocenters. The van der Waals surface area contributed by atoms with Crippen LogP contribution in [0.5, 0.6) is 5.75 Å². The first-order chi connectivity index (χ1) is 10.0. The van der Waals surface area contributed by atoms with Gasteiger partial charge in [0.15, 0.2) is 0 Å². The average Bonchev–Trinajstić information content (AvgIpc) is 2.46. The first-order valence-electron chi connectivity index (χ1n) is 6.51. The Bertz CT molecular complexity index is 658. The molecule has 5 heteroatoms. The lowest BCUT2D eigenvalue weighted by Crippen LogP contribution is -2.27. The van der Waals surface area contributed by atoms with E-state index in [9.17, 15) is 9.18 Å². The summed E-state index contributed by atoms with van der Waals surface area (Å²) in [6.07, 6.45) is 0. The molecule has 0 aromatic heterocycles. The minimum Gasteiger partial charge on any atom is -0.496 e. The second-order valence-corrected chi connectivity index (χ2v) is 4.68. The van der Waals surface area contributed by atoms with Crippen LogP contribution in [0.1, 0.15) is 28.9 Å². The highest BCUT2D eigenvalue weighted by Crippen LogP contribution is 2.24. The van der Waals surface area contributed by atoms with E-state index >= 15 is 0 Å². The topological polar surface area (TPSA) is 64.3 Å². The Morgan fingerprint density at radius 2 is 2.00 bits per heavy atom. The molecule has 0 fully saturated rings. The number of rotatable bonds is 4. The highest BCUT2D eigenvalue weighted by atomic mass is 19.1. The number of hydrogen-bond acceptors (Lipinski definition) is 3. The lowest BCUT2D eigenvalue weighted by Gasteiger charge is -2.17. The number of anilines is 1. The monoisotopic (exact) mass is 288 g/mol. The molecule has 0 aliphatic rings. The van der Waals surface area contributed by atoms with Gasteiger partial charge in [0.1, 0.15) is 11.6 Å². The zero-order chi connectivity index (χ0) is 15.4. The van der Waals surface area contributed by atoms with Crippen molar-refractivity contribution < 1.29 is 13.9 Å². The summed E-state index contributed by atoms with van der Waals surface area (Å²) in [5, 5.41) is 2.75. The molecule has 2 aromatic carbocycles. The summed E-state index contributed by atoms with van der Waals surface area (Å²) in [6.45, 7) is 1.81. The summed E-state index contributed by atoms with van der Waals surface area (Å²) in [7, 11) is 1.56. The van der Waals surface area contributed by atoms with Crippen LogP contribution in [-0.4, -0.2) is 13.0 Å². The zero-order valence-electron chi connectivity index (χ0n) is 11.9. The van der Waals surface area contributed by atoms with E-state index in [-0.39, 0.29) is 17.3 Å². The fourth-order valence-electron chi connectivity index (χ4n) is 2.09. The van der Waals surface area contributed by atoms with Gasteiger partial charge in [-0.15, -0.1) is 0 Å². The average molecular weight is 288 g/mol. The van der Waals surface area contributed by atoms with Crippen LogP contribution in [0.2, 0.25) is 0 Å². The predicted molar refractivity (Wildman–Crippen MR) is 79.7 cm³/mol. The molecular weight excluding hydrogens is 271 g/mol. The standard InChI is InChI=1S/C16H17FN2O2/c1-10(12-5-3-4-6-15(12)21-2)19-16(20)13-8-7-11(18)9-14(13)17/h3-10H,18H2,1-2H3,(H,19,20). The number of nitrogens with two attached hydrogens (primary N) is 1. The van der Waals surface area contributed by atoms with Crippen molar-refractivity contribution in [2.45, 2.75) is 13.0 Å². The lowest BCUT2D eigenvalue weighted by atomic mass is 10.1. The molecule has 0 aliphatic carbocycles. The predicted octanol–water partition coefficient (Wildman–Crippen LogP) is 2.91. The van der Waals surface area contributed by atoms with Gasteiger partial charge in [-0.3, -0.25) is 4.79 Å². The largest absolute Gasteiger partial charge is 0.496 e. The van der Waals surface area contributed by atoms with E-state index in [1.54, 1.807) is 7.11 Å². The van der Waals surface area contributed by atoms with Gasteiger partial charge in [0.2, 0.25) is 0 Å². The molecule has 1 unspecified atom stereocenters. The Balaban J connectivity index is 2.19. The third kappa shape index (κ3) is 3.31. The summed E-state index contributed by atoms with van der Waals surface area (Å²) in [6, 6.07) is 11.0. The number of nitrogens with one attached hydrogen (secondary N) is 1. The number of hydrogen-bond donors (Lipinski definition) is 2. The SMILES string of the molecule is COc1ccccc1C(C)NC(=O)c1ccc(N)cc1F. The highest BCUT2D eigenvalue weighted by molar-refractivity contribution is 5.95. The third-order valence-electron chi connectivity index (χ3n) is 3.19. The van der Waals surface area contributed by atoms with Gasteiger partial charge < -0.3 is 15.8 Å². The van der Waals surface area contributed by atoms with E-state index in [0.29, 0.717) is 5.75 Å². The molecule has 1 amide bonds. The molecule has 0 radical (unpaired) electrons. The van der Waals surface area contributed by atoms with Gasteiger partial charge in [0.25, 0.3) is 5.91 Å². The molecule has 0 bridgehead atoms. The molecule has 0 aliphatic heterocycles. The van der Waals surface area contributed by atoms with Crippen molar-refractivity contribution in [1.29, 1.82) is 0 Å². The molecule has 2 aromatic rings. The Morgan fingerprint density at radius 3 is 2.67 bits per heavy atom. The van der Waals surface area contributed by atoms with Crippen LogP contribution in [-0.2, 0) is 0 Å². The van der Waals surface area contributed by atoms with Gasteiger partial charge in [-0.25, -0.2) is 4.39 Å². The number of nitrogen functional groups attached to an aromatic ring is 1. The van der Waals surface area contributed by atoms with Crippen LogP contribution < -0.4 is 15.8 Å². The third-order valence-corrected chi connectivity index (χ3v) is 3.19. The van der Waals surface area contributed by atoms with Gasteiger partial charge >= 0.3 is 0 Å². The van der Waals surface area contributed by atoms with E-state index in [0.717, 1.165) is 11.6 Å². The van der Waals surface area contributed by atoms with Crippen LogP contribution in [0, 0.1) is 5.82 Å². The Kier molecular flexibility index (Phi) is 4.42. The van der Waals surface area contributed by atoms with Crippen LogP contribution in [0.4, 0.5) is 10.1 Å². The number of carbonyl (C=O) groups excluding carboxylic acids is 1. The summed E-state index contributed by atoms with van der Waals surface area (Å²) < 4.78 is 19.0. The van der Waals surface area contributed by atoms with Gasteiger partial charge in [-0.05, 0) is 31.2 Å². The van der Waals surface area contributed by atoms with Gasteiger partial charge in [-0.1, -0.05) is 18.2 Å². The number of methoxy groups -OCH3 is 1. The molecule has 0 heterocycles. The molecule has 0 spiro atoms. The van der Waals surface area contributed by atoms with Crippen LogP contribution >= 0.6 is 0 Å². The quantitative estimate of drug-likeness (QED) is 0.850. The molecule has 0 saturated carbocycles. The normalized spacial score (nSPS) is 11.8. The maximum atomic E-state index is 13.7. The number of halogens is 1. The Hall–Kier alpha value is -2.56. The number of para-hydroxylation sites is 1. The Morgan fingerprint density at radius 1 is 1.29 bits per heavy atom. The molecule has 3 N–H and O–H groups in total. The van der Waals surface area contributed by atoms with Crippen molar-refractivity contribution >= 4 is 11.6 Å². The van der Waals surface area contributed by atoms with Crippen molar-refractivity contribution in [3.05, 3.63) is 59.4 Å².